The molecule has 2 fully saturated rings. The molecule has 0 aromatic carbocycles. The summed E-state index contributed by atoms with van der Waals surface area (Å²) in [6, 6.07) is 0.678. The Morgan fingerprint density at radius 3 is 2.86 bits per heavy atom. The van der Waals surface area contributed by atoms with E-state index in [1.54, 1.807) is 4.90 Å². The molecule has 6 nitrogen and oxygen atoms in total. The zero-order valence-corrected chi connectivity index (χ0v) is 7.69. The van der Waals surface area contributed by atoms with Crippen molar-refractivity contribution in [1.29, 1.82) is 0 Å². The van der Waals surface area contributed by atoms with Crippen LogP contribution in [-0.2, 0) is 4.79 Å². The number of hydrogen-bond donors (Lipinski definition) is 3. The van der Waals surface area contributed by atoms with Crippen molar-refractivity contribution >= 4 is 12.0 Å². The van der Waals surface area contributed by atoms with Gasteiger partial charge in [-0.15, -0.1) is 0 Å². The second-order valence-corrected chi connectivity index (χ2v) is 3.70. The first-order valence-corrected chi connectivity index (χ1v) is 4.66. The van der Waals surface area contributed by atoms with Crippen LogP contribution in [0, 0.1) is 0 Å². The summed E-state index contributed by atoms with van der Waals surface area (Å²) in [5.41, 5.74) is 0. The molecule has 0 spiro atoms. The molecule has 0 radical (unpaired) electrons. The standard InChI is InChI=1S/C8H13N3O3/c12-7(3-10-8(13)14)11-4-5-1-6(11)2-9-5/h5-6,9-10H,1-4H2,(H,13,14). The average molecular weight is 199 g/mol. The van der Waals surface area contributed by atoms with Gasteiger partial charge in [-0.1, -0.05) is 0 Å². The Bertz CT molecular complexity index is 269. The number of likely N-dealkylation sites (tertiary alicyclic amines) is 1. The zero-order chi connectivity index (χ0) is 10.1. The first-order valence-electron chi connectivity index (χ1n) is 4.66. The Hall–Kier alpha value is -1.30. The van der Waals surface area contributed by atoms with Crippen molar-refractivity contribution in [2.45, 2.75) is 18.5 Å². The third kappa shape index (κ3) is 1.65. The molecule has 3 N–H and O–H groups in total. The molecular formula is C8H13N3O3. The zero-order valence-electron chi connectivity index (χ0n) is 7.69. The molecule has 0 saturated carbocycles. The molecule has 78 valence electrons. The molecule has 2 rings (SSSR count). The van der Waals surface area contributed by atoms with Crippen LogP contribution in [0.15, 0.2) is 0 Å². The summed E-state index contributed by atoms with van der Waals surface area (Å²) in [6.07, 6.45) is -0.153. The van der Waals surface area contributed by atoms with Crippen LogP contribution in [0.5, 0.6) is 0 Å². The van der Waals surface area contributed by atoms with Crippen molar-refractivity contribution in [3.63, 3.8) is 0 Å². The number of nitrogens with zero attached hydrogens (tertiary/aromatic N) is 1. The van der Waals surface area contributed by atoms with E-state index in [1.807, 2.05) is 0 Å². The van der Waals surface area contributed by atoms with Crippen LogP contribution in [0.1, 0.15) is 6.42 Å². The van der Waals surface area contributed by atoms with Gasteiger partial charge in [0.05, 0.1) is 0 Å². The van der Waals surface area contributed by atoms with Gasteiger partial charge in [-0.2, -0.15) is 0 Å². The van der Waals surface area contributed by atoms with Crippen molar-refractivity contribution < 1.29 is 14.7 Å². The molecule has 6 heteroatoms. The summed E-state index contributed by atoms with van der Waals surface area (Å²) in [5.74, 6) is -0.124. The van der Waals surface area contributed by atoms with Crippen molar-refractivity contribution in [3.05, 3.63) is 0 Å². The lowest BCUT2D eigenvalue weighted by atomic mass is 10.2. The lowest BCUT2D eigenvalue weighted by Gasteiger charge is -2.27. The Labute approximate surface area is 81.3 Å². The van der Waals surface area contributed by atoms with E-state index < -0.39 is 6.09 Å². The number of hydrogen-bond acceptors (Lipinski definition) is 3. The third-order valence-corrected chi connectivity index (χ3v) is 2.77. The number of nitrogens with one attached hydrogen (secondary N) is 2. The van der Waals surface area contributed by atoms with Gasteiger partial charge in [0, 0.05) is 25.2 Å². The molecule has 2 aliphatic rings. The van der Waals surface area contributed by atoms with Crippen LogP contribution in [0.2, 0.25) is 0 Å². The fraction of sp³-hybridized carbons (Fsp3) is 0.750. The maximum Gasteiger partial charge on any atom is 0.405 e. The number of amides is 2. The van der Waals surface area contributed by atoms with Gasteiger partial charge in [0.2, 0.25) is 5.91 Å². The SMILES string of the molecule is O=C(O)NCC(=O)N1CC2CC1CN2. The van der Waals surface area contributed by atoms with Gasteiger partial charge < -0.3 is 20.6 Å². The van der Waals surface area contributed by atoms with Gasteiger partial charge in [0.15, 0.2) is 0 Å². The molecule has 0 aromatic rings. The minimum Gasteiger partial charge on any atom is -0.465 e. The van der Waals surface area contributed by atoms with E-state index in [-0.39, 0.29) is 18.5 Å². The number of carbonyl (C=O) groups is 2. The first-order chi connectivity index (χ1) is 6.66. The van der Waals surface area contributed by atoms with Crippen LogP contribution in [-0.4, -0.2) is 53.7 Å². The number of carboxylic acid groups (broad SMARTS) is 1. The molecule has 0 aliphatic carbocycles. The summed E-state index contributed by atoms with van der Waals surface area (Å²) in [5, 5.41) is 13.7. The van der Waals surface area contributed by atoms with Gasteiger partial charge in [0.25, 0.3) is 0 Å². The molecule has 0 aromatic heterocycles. The predicted molar refractivity (Wildman–Crippen MR) is 47.9 cm³/mol. The van der Waals surface area contributed by atoms with Gasteiger partial charge in [0.1, 0.15) is 6.54 Å². The molecular weight excluding hydrogens is 186 g/mol. The highest BCUT2D eigenvalue weighted by atomic mass is 16.4. The van der Waals surface area contributed by atoms with Gasteiger partial charge >= 0.3 is 6.09 Å². The Kier molecular flexibility index (Phi) is 2.28. The lowest BCUT2D eigenvalue weighted by molar-refractivity contribution is -0.131. The van der Waals surface area contributed by atoms with E-state index in [2.05, 4.69) is 10.6 Å². The van der Waals surface area contributed by atoms with Crippen LogP contribution in [0.25, 0.3) is 0 Å². The summed E-state index contributed by atoms with van der Waals surface area (Å²) in [7, 11) is 0. The smallest absolute Gasteiger partial charge is 0.405 e. The van der Waals surface area contributed by atoms with Crippen molar-refractivity contribution in [2.75, 3.05) is 19.6 Å². The normalized spacial score (nSPS) is 29.3. The second-order valence-electron chi connectivity index (χ2n) is 3.70. The van der Waals surface area contributed by atoms with Crippen LogP contribution in [0.3, 0.4) is 0 Å². The monoisotopic (exact) mass is 199 g/mol. The van der Waals surface area contributed by atoms with Crippen molar-refractivity contribution in [2.24, 2.45) is 0 Å². The average Bonchev–Trinajstić information content (AvgIpc) is 2.74. The van der Waals surface area contributed by atoms with Crippen molar-refractivity contribution in [1.82, 2.24) is 15.5 Å². The Morgan fingerprint density at radius 1 is 1.57 bits per heavy atom. The van der Waals surface area contributed by atoms with Gasteiger partial charge in [-0.3, -0.25) is 4.79 Å². The predicted octanol–water partition coefficient (Wildman–Crippen LogP) is -1.17. The summed E-state index contributed by atoms with van der Waals surface area (Å²) < 4.78 is 0. The van der Waals surface area contributed by atoms with E-state index in [1.165, 1.54) is 0 Å². The third-order valence-electron chi connectivity index (χ3n) is 2.77. The minimum atomic E-state index is -1.15. The van der Waals surface area contributed by atoms with Crippen LogP contribution >= 0.6 is 0 Å². The fourth-order valence-corrected chi connectivity index (χ4v) is 2.12. The highest BCUT2D eigenvalue weighted by Gasteiger charge is 2.39. The van der Waals surface area contributed by atoms with Crippen molar-refractivity contribution in [3.8, 4) is 0 Å². The topological polar surface area (TPSA) is 81.7 Å². The Morgan fingerprint density at radius 2 is 2.36 bits per heavy atom. The quantitative estimate of drug-likeness (QED) is 0.523. The van der Waals surface area contributed by atoms with Crippen LogP contribution in [0.4, 0.5) is 4.79 Å². The number of rotatable bonds is 2. The highest BCUT2D eigenvalue weighted by Crippen LogP contribution is 2.22. The van der Waals surface area contributed by atoms with Gasteiger partial charge in [-0.05, 0) is 6.42 Å². The molecule has 2 aliphatic heterocycles. The lowest BCUT2D eigenvalue weighted by Crippen LogP contribution is -2.49. The molecule has 2 bridgehead atoms. The summed E-state index contributed by atoms with van der Waals surface area (Å²) in [6.45, 7) is 1.44. The number of piperazine rings is 1. The minimum absolute atomic E-state index is 0.113. The molecule has 2 saturated heterocycles. The molecule has 2 amide bonds. The van der Waals surface area contributed by atoms with E-state index in [9.17, 15) is 9.59 Å². The highest BCUT2D eigenvalue weighted by molar-refractivity contribution is 5.82. The van der Waals surface area contributed by atoms with Crippen LogP contribution < -0.4 is 10.6 Å². The summed E-state index contributed by atoms with van der Waals surface area (Å²) in [4.78, 5) is 23.5. The summed E-state index contributed by atoms with van der Waals surface area (Å²) >= 11 is 0. The molecule has 2 heterocycles. The van der Waals surface area contributed by atoms with E-state index in [4.69, 9.17) is 5.11 Å². The van der Waals surface area contributed by atoms with E-state index >= 15 is 0 Å². The molecule has 2 atom stereocenters. The largest absolute Gasteiger partial charge is 0.465 e. The number of carbonyl (C=O) groups excluding carboxylic acids is 1. The maximum atomic E-state index is 11.5. The molecule has 14 heavy (non-hydrogen) atoms. The van der Waals surface area contributed by atoms with E-state index in [0.717, 1.165) is 13.0 Å². The Balaban J connectivity index is 1.84. The second kappa shape index (κ2) is 3.45. The molecule has 2 unspecified atom stereocenters. The van der Waals surface area contributed by atoms with Gasteiger partial charge in [-0.25, -0.2) is 4.79 Å². The first kappa shape index (κ1) is 9.26. The fourth-order valence-electron chi connectivity index (χ4n) is 2.12. The van der Waals surface area contributed by atoms with E-state index in [0.29, 0.717) is 12.6 Å². The maximum absolute atomic E-state index is 11.5. The number of fused-ring (bicyclic) bond motifs is 2.